The Morgan fingerprint density at radius 3 is 2.10 bits per heavy atom. The van der Waals surface area contributed by atoms with E-state index < -0.39 is 10.0 Å². The molecule has 0 atom stereocenters. The molecule has 2 rings (SSSR count). The highest BCUT2D eigenvalue weighted by molar-refractivity contribution is 7.89. The maximum atomic E-state index is 12.2. The first kappa shape index (κ1) is 15.7. The number of pyridine rings is 1. The average Bonchev–Trinajstić information content (AvgIpc) is 2.46. The van der Waals surface area contributed by atoms with Gasteiger partial charge in [-0.2, -0.15) is 0 Å². The molecule has 5 heteroatoms. The molecule has 0 aliphatic heterocycles. The second-order valence-electron chi connectivity index (χ2n) is 5.95. The SMILES string of the molecule is CC(C)(C)c1ccc(S(=O)(=O)NCc2ccncc2)cc1. The summed E-state index contributed by atoms with van der Waals surface area (Å²) in [6.45, 7) is 6.54. The van der Waals surface area contributed by atoms with E-state index in [9.17, 15) is 8.42 Å². The number of hydrogen-bond donors (Lipinski definition) is 1. The molecule has 1 heterocycles. The number of nitrogens with one attached hydrogen (secondary N) is 1. The van der Waals surface area contributed by atoms with E-state index in [4.69, 9.17) is 0 Å². The molecule has 1 aromatic carbocycles. The lowest BCUT2D eigenvalue weighted by molar-refractivity contribution is 0.578. The van der Waals surface area contributed by atoms with Crippen molar-refractivity contribution in [1.82, 2.24) is 9.71 Å². The van der Waals surface area contributed by atoms with Crippen molar-refractivity contribution in [3.8, 4) is 0 Å². The van der Waals surface area contributed by atoms with Crippen LogP contribution < -0.4 is 4.72 Å². The van der Waals surface area contributed by atoms with E-state index in [1.807, 2.05) is 12.1 Å². The molecule has 0 aliphatic rings. The maximum absolute atomic E-state index is 12.2. The van der Waals surface area contributed by atoms with Crippen LogP contribution in [0, 0.1) is 0 Å². The molecule has 0 unspecified atom stereocenters. The van der Waals surface area contributed by atoms with Gasteiger partial charge in [0.2, 0.25) is 10.0 Å². The summed E-state index contributed by atoms with van der Waals surface area (Å²) in [7, 11) is -3.49. The van der Waals surface area contributed by atoms with E-state index in [1.54, 1.807) is 36.7 Å². The van der Waals surface area contributed by atoms with Gasteiger partial charge < -0.3 is 0 Å². The fourth-order valence-electron chi connectivity index (χ4n) is 1.90. The minimum absolute atomic E-state index is 0.00671. The van der Waals surface area contributed by atoms with E-state index in [0.29, 0.717) is 0 Å². The Hall–Kier alpha value is -1.72. The molecular weight excluding hydrogens is 284 g/mol. The third-order valence-electron chi connectivity index (χ3n) is 3.25. The number of nitrogens with zero attached hydrogens (tertiary/aromatic N) is 1. The van der Waals surface area contributed by atoms with E-state index in [1.165, 1.54) is 0 Å². The molecule has 21 heavy (non-hydrogen) atoms. The predicted molar refractivity (Wildman–Crippen MR) is 83.4 cm³/mol. The lowest BCUT2D eigenvalue weighted by atomic mass is 9.87. The van der Waals surface area contributed by atoms with Gasteiger partial charge in [-0.05, 0) is 40.8 Å². The molecule has 1 N–H and O–H groups in total. The molecule has 4 nitrogen and oxygen atoms in total. The molecule has 0 fully saturated rings. The number of benzene rings is 1. The van der Waals surface area contributed by atoms with Crippen LogP contribution in [0.5, 0.6) is 0 Å². The summed E-state index contributed by atoms with van der Waals surface area (Å²) in [5.74, 6) is 0. The van der Waals surface area contributed by atoms with Gasteiger partial charge in [-0.15, -0.1) is 0 Å². The van der Waals surface area contributed by atoms with Crippen LogP contribution in [0.3, 0.4) is 0 Å². The first-order valence-electron chi connectivity index (χ1n) is 6.78. The van der Waals surface area contributed by atoms with Crippen molar-refractivity contribution in [3.05, 3.63) is 59.9 Å². The van der Waals surface area contributed by atoms with Crippen molar-refractivity contribution in [1.29, 1.82) is 0 Å². The van der Waals surface area contributed by atoms with Crippen LogP contribution in [0.15, 0.2) is 53.7 Å². The van der Waals surface area contributed by atoms with Crippen LogP contribution in [0.2, 0.25) is 0 Å². The van der Waals surface area contributed by atoms with Gasteiger partial charge in [0.15, 0.2) is 0 Å². The Labute approximate surface area is 126 Å². The summed E-state index contributed by atoms with van der Waals surface area (Å²) in [6, 6.07) is 10.6. The maximum Gasteiger partial charge on any atom is 0.240 e. The Morgan fingerprint density at radius 2 is 1.57 bits per heavy atom. The van der Waals surface area contributed by atoms with Crippen molar-refractivity contribution in [2.75, 3.05) is 0 Å². The molecule has 0 bridgehead atoms. The lowest BCUT2D eigenvalue weighted by Crippen LogP contribution is -2.23. The van der Waals surface area contributed by atoms with Crippen LogP contribution in [0.4, 0.5) is 0 Å². The molecule has 1 aromatic heterocycles. The van der Waals surface area contributed by atoms with Crippen LogP contribution >= 0.6 is 0 Å². The number of hydrogen-bond acceptors (Lipinski definition) is 3. The van der Waals surface area contributed by atoms with Crippen molar-refractivity contribution >= 4 is 10.0 Å². The normalized spacial score (nSPS) is 12.3. The molecule has 0 spiro atoms. The molecule has 0 saturated carbocycles. The summed E-state index contributed by atoms with van der Waals surface area (Å²) >= 11 is 0. The Balaban J connectivity index is 2.13. The monoisotopic (exact) mass is 304 g/mol. The standard InChI is InChI=1S/C16H20N2O2S/c1-16(2,3)14-4-6-15(7-5-14)21(19,20)18-12-13-8-10-17-11-9-13/h4-11,18H,12H2,1-3H3. The van der Waals surface area contributed by atoms with Gasteiger partial charge in [-0.25, -0.2) is 13.1 Å². The van der Waals surface area contributed by atoms with Crippen molar-refractivity contribution in [3.63, 3.8) is 0 Å². The molecular formula is C16H20N2O2S. The Morgan fingerprint density at radius 1 is 1.00 bits per heavy atom. The lowest BCUT2D eigenvalue weighted by Gasteiger charge is -2.19. The third-order valence-corrected chi connectivity index (χ3v) is 4.66. The van der Waals surface area contributed by atoms with Gasteiger partial charge in [-0.3, -0.25) is 4.98 Å². The smallest absolute Gasteiger partial charge is 0.240 e. The first-order valence-corrected chi connectivity index (χ1v) is 8.26. The molecule has 0 amide bonds. The second kappa shape index (κ2) is 5.95. The largest absolute Gasteiger partial charge is 0.265 e. The summed E-state index contributed by atoms with van der Waals surface area (Å²) in [5.41, 5.74) is 1.99. The zero-order valence-corrected chi connectivity index (χ0v) is 13.3. The second-order valence-corrected chi connectivity index (χ2v) is 7.72. The fraction of sp³-hybridized carbons (Fsp3) is 0.312. The Kier molecular flexibility index (Phi) is 4.44. The highest BCUT2D eigenvalue weighted by Gasteiger charge is 2.17. The van der Waals surface area contributed by atoms with Gasteiger partial charge in [0.25, 0.3) is 0 Å². The Bertz CT molecular complexity index is 687. The molecule has 0 radical (unpaired) electrons. The molecule has 2 aromatic rings. The van der Waals surface area contributed by atoms with Gasteiger partial charge in [0.1, 0.15) is 0 Å². The minimum atomic E-state index is -3.49. The summed E-state index contributed by atoms with van der Waals surface area (Å²) in [6.07, 6.45) is 3.28. The van der Waals surface area contributed by atoms with Gasteiger partial charge in [0.05, 0.1) is 4.90 Å². The summed E-state index contributed by atoms with van der Waals surface area (Å²) in [5, 5.41) is 0. The van der Waals surface area contributed by atoms with E-state index in [0.717, 1.165) is 11.1 Å². The zero-order valence-electron chi connectivity index (χ0n) is 12.5. The number of aromatic nitrogens is 1. The highest BCUT2D eigenvalue weighted by atomic mass is 32.2. The van der Waals surface area contributed by atoms with Gasteiger partial charge in [0, 0.05) is 18.9 Å². The van der Waals surface area contributed by atoms with Crippen molar-refractivity contribution in [2.24, 2.45) is 0 Å². The van der Waals surface area contributed by atoms with E-state index in [2.05, 4.69) is 30.5 Å². The summed E-state index contributed by atoms with van der Waals surface area (Å²) < 4.78 is 27.1. The third kappa shape index (κ3) is 4.12. The van der Waals surface area contributed by atoms with Crippen molar-refractivity contribution in [2.45, 2.75) is 37.6 Å². The fourth-order valence-corrected chi connectivity index (χ4v) is 2.91. The van der Waals surface area contributed by atoms with Gasteiger partial charge >= 0.3 is 0 Å². The average molecular weight is 304 g/mol. The number of rotatable bonds is 4. The van der Waals surface area contributed by atoms with Gasteiger partial charge in [-0.1, -0.05) is 32.9 Å². The highest BCUT2D eigenvalue weighted by Crippen LogP contribution is 2.23. The van der Waals surface area contributed by atoms with E-state index >= 15 is 0 Å². The van der Waals surface area contributed by atoms with Crippen LogP contribution in [0.25, 0.3) is 0 Å². The zero-order chi connectivity index (χ0) is 15.5. The van der Waals surface area contributed by atoms with Crippen molar-refractivity contribution < 1.29 is 8.42 Å². The van der Waals surface area contributed by atoms with Crippen LogP contribution in [-0.2, 0) is 22.0 Å². The molecule has 0 aliphatic carbocycles. The molecule has 0 saturated heterocycles. The van der Waals surface area contributed by atoms with Crippen LogP contribution in [0.1, 0.15) is 31.9 Å². The van der Waals surface area contributed by atoms with Crippen LogP contribution in [-0.4, -0.2) is 13.4 Å². The minimum Gasteiger partial charge on any atom is -0.265 e. The first-order chi connectivity index (χ1) is 9.79. The molecule has 112 valence electrons. The quantitative estimate of drug-likeness (QED) is 0.945. The predicted octanol–water partition coefficient (Wildman–Crippen LogP) is 2.86. The topological polar surface area (TPSA) is 59.1 Å². The number of sulfonamides is 1. The van der Waals surface area contributed by atoms with E-state index in [-0.39, 0.29) is 16.9 Å². The summed E-state index contributed by atoms with van der Waals surface area (Å²) in [4.78, 5) is 4.19.